The second-order valence-corrected chi connectivity index (χ2v) is 5.58. The van der Waals surface area contributed by atoms with Crippen molar-refractivity contribution in [2.24, 2.45) is 0 Å². The van der Waals surface area contributed by atoms with E-state index in [1.807, 2.05) is 25.1 Å². The number of nitrogens with one attached hydrogen (secondary N) is 2. The fourth-order valence-electron chi connectivity index (χ4n) is 2.68. The molecule has 7 nitrogen and oxygen atoms in total. The second kappa shape index (κ2) is 7.27. The molecule has 2 N–H and O–H groups in total. The monoisotopic (exact) mass is 328 g/mol. The topological polar surface area (TPSA) is 85.4 Å². The highest BCUT2D eigenvalue weighted by atomic mass is 16.5. The van der Waals surface area contributed by atoms with E-state index in [9.17, 15) is 4.79 Å². The number of aromatic nitrogens is 2. The number of amides is 2. The quantitative estimate of drug-likeness (QED) is 0.900. The lowest BCUT2D eigenvalue weighted by Crippen LogP contribution is -2.39. The van der Waals surface area contributed by atoms with Crippen LogP contribution in [0.15, 0.2) is 36.5 Å². The molecular weight excluding hydrogens is 308 g/mol. The van der Waals surface area contributed by atoms with Gasteiger partial charge in [0, 0.05) is 30.1 Å². The van der Waals surface area contributed by atoms with Gasteiger partial charge in [0.25, 0.3) is 0 Å². The van der Waals surface area contributed by atoms with E-state index in [-0.39, 0.29) is 18.2 Å². The Balaban J connectivity index is 1.63. The molecule has 7 heteroatoms. The summed E-state index contributed by atoms with van der Waals surface area (Å²) in [6.07, 6.45) is 2.23. The lowest BCUT2D eigenvalue weighted by Gasteiger charge is -2.20. The van der Waals surface area contributed by atoms with Crippen LogP contribution < -0.4 is 15.4 Å². The molecule has 2 amide bonds. The van der Waals surface area contributed by atoms with Crippen LogP contribution in [0.5, 0.6) is 5.88 Å². The van der Waals surface area contributed by atoms with Crippen LogP contribution in [0.4, 0.5) is 10.6 Å². The Morgan fingerprint density at radius 3 is 2.92 bits per heavy atom. The van der Waals surface area contributed by atoms with Gasteiger partial charge in [-0.3, -0.25) is 5.32 Å². The van der Waals surface area contributed by atoms with Gasteiger partial charge in [-0.2, -0.15) is 0 Å². The predicted molar refractivity (Wildman–Crippen MR) is 89.0 cm³/mol. The fraction of sp³-hybridized carbons (Fsp3) is 0.353. The van der Waals surface area contributed by atoms with Gasteiger partial charge in [-0.15, -0.1) is 0 Å². The summed E-state index contributed by atoms with van der Waals surface area (Å²) in [6.45, 7) is 2.46. The van der Waals surface area contributed by atoms with Crippen molar-refractivity contribution in [3.8, 4) is 5.88 Å². The number of hydrogen-bond donors (Lipinski definition) is 2. The number of nitrogens with zero attached hydrogens (tertiary/aromatic N) is 2. The molecule has 0 saturated carbocycles. The van der Waals surface area contributed by atoms with E-state index in [1.54, 1.807) is 25.4 Å². The standard InChI is InChI=1S/C17H20N4O3/c1-11-4-3-5-14(19-11)21-17(22)20-13-8-9-24-16(13)12-6-7-15(23-2)18-10-12/h3-7,10,13,16H,8-9H2,1-2H3,(H2,19,20,21,22)/t13-,16+/m0/s1. The van der Waals surface area contributed by atoms with Crippen molar-refractivity contribution < 1.29 is 14.3 Å². The summed E-state index contributed by atoms with van der Waals surface area (Å²) in [5, 5.41) is 5.70. The first-order chi connectivity index (χ1) is 11.7. The SMILES string of the molecule is COc1ccc([C@H]2OCC[C@@H]2NC(=O)Nc2cccc(C)n2)cn1. The van der Waals surface area contributed by atoms with Crippen LogP contribution in [0.3, 0.4) is 0 Å². The highest BCUT2D eigenvalue weighted by molar-refractivity contribution is 5.88. The first kappa shape index (κ1) is 16.2. The number of rotatable bonds is 4. The number of methoxy groups -OCH3 is 1. The molecule has 1 saturated heterocycles. The van der Waals surface area contributed by atoms with Gasteiger partial charge < -0.3 is 14.8 Å². The molecule has 1 aliphatic rings. The van der Waals surface area contributed by atoms with E-state index >= 15 is 0 Å². The summed E-state index contributed by atoms with van der Waals surface area (Å²) >= 11 is 0. The Morgan fingerprint density at radius 1 is 1.33 bits per heavy atom. The van der Waals surface area contributed by atoms with Crippen LogP contribution in [-0.4, -0.2) is 35.8 Å². The van der Waals surface area contributed by atoms with Crippen molar-refractivity contribution in [1.29, 1.82) is 0 Å². The normalized spacial score (nSPS) is 19.8. The predicted octanol–water partition coefficient (Wildman–Crippen LogP) is 2.45. The Labute approximate surface area is 140 Å². The number of anilines is 1. The largest absolute Gasteiger partial charge is 0.481 e. The Hall–Kier alpha value is -2.67. The van der Waals surface area contributed by atoms with Crippen molar-refractivity contribution >= 4 is 11.8 Å². The average molecular weight is 328 g/mol. The number of ether oxygens (including phenoxy) is 2. The lowest BCUT2D eigenvalue weighted by atomic mass is 10.0. The van der Waals surface area contributed by atoms with Crippen molar-refractivity contribution in [1.82, 2.24) is 15.3 Å². The summed E-state index contributed by atoms with van der Waals surface area (Å²) in [5.74, 6) is 1.07. The van der Waals surface area contributed by atoms with Gasteiger partial charge in [0.1, 0.15) is 11.9 Å². The van der Waals surface area contributed by atoms with Crippen molar-refractivity contribution in [2.75, 3.05) is 19.0 Å². The molecule has 1 aliphatic heterocycles. The van der Waals surface area contributed by atoms with Crippen molar-refractivity contribution in [3.05, 3.63) is 47.8 Å². The molecule has 2 atom stereocenters. The number of carbonyl (C=O) groups is 1. The van der Waals surface area contributed by atoms with E-state index in [0.29, 0.717) is 18.3 Å². The van der Waals surface area contributed by atoms with E-state index < -0.39 is 0 Å². The smallest absolute Gasteiger partial charge is 0.320 e. The summed E-state index contributed by atoms with van der Waals surface area (Å²) in [4.78, 5) is 20.7. The molecule has 0 aliphatic carbocycles. The Morgan fingerprint density at radius 2 is 2.21 bits per heavy atom. The van der Waals surface area contributed by atoms with E-state index in [0.717, 1.165) is 17.7 Å². The van der Waals surface area contributed by atoms with Crippen LogP contribution >= 0.6 is 0 Å². The number of carbonyl (C=O) groups excluding carboxylic acids is 1. The average Bonchev–Trinajstić information content (AvgIpc) is 3.03. The van der Waals surface area contributed by atoms with Crippen LogP contribution in [0.1, 0.15) is 23.8 Å². The summed E-state index contributed by atoms with van der Waals surface area (Å²) < 4.78 is 10.8. The van der Waals surface area contributed by atoms with Crippen LogP contribution in [-0.2, 0) is 4.74 Å². The molecule has 3 heterocycles. The van der Waals surface area contributed by atoms with Gasteiger partial charge in [0.05, 0.1) is 13.2 Å². The first-order valence-electron chi connectivity index (χ1n) is 7.78. The molecule has 0 radical (unpaired) electrons. The lowest BCUT2D eigenvalue weighted by molar-refractivity contribution is 0.100. The maximum absolute atomic E-state index is 12.2. The molecule has 1 fully saturated rings. The number of aryl methyl sites for hydroxylation is 1. The molecule has 0 bridgehead atoms. The first-order valence-corrected chi connectivity index (χ1v) is 7.78. The molecule has 3 rings (SSSR count). The third kappa shape index (κ3) is 3.80. The number of hydrogen-bond acceptors (Lipinski definition) is 5. The third-order valence-electron chi connectivity index (χ3n) is 3.84. The fourth-order valence-corrected chi connectivity index (χ4v) is 2.68. The van der Waals surface area contributed by atoms with Crippen LogP contribution in [0.2, 0.25) is 0 Å². The minimum Gasteiger partial charge on any atom is -0.481 e. The molecular formula is C17H20N4O3. The number of urea groups is 1. The Bertz CT molecular complexity index is 705. The van der Waals surface area contributed by atoms with E-state index in [1.165, 1.54) is 0 Å². The summed E-state index contributed by atoms with van der Waals surface area (Å²) in [7, 11) is 1.57. The summed E-state index contributed by atoms with van der Waals surface area (Å²) in [6, 6.07) is 8.74. The molecule has 0 unspecified atom stereocenters. The van der Waals surface area contributed by atoms with Crippen molar-refractivity contribution in [3.63, 3.8) is 0 Å². The number of pyridine rings is 2. The van der Waals surface area contributed by atoms with Gasteiger partial charge in [0.15, 0.2) is 0 Å². The molecule has 2 aromatic rings. The van der Waals surface area contributed by atoms with Gasteiger partial charge in [-0.05, 0) is 31.5 Å². The highest BCUT2D eigenvalue weighted by Gasteiger charge is 2.31. The molecule has 126 valence electrons. The third-order valence-corrected chi connectivity index (χ3v) is 3.84. The molecule has 0 aromatic carbocycles. The van der Waals surface area contributed by atoms with E-state index in [2.05, 4.69) is 20.6 Å². The molecule has 0 spiro atoms. The highest BCUT2D eigenvalue weighted by Crippen LogP contribution is 2.29. The van der Waals surface area contributed by atoms with Crippen LogP contribution in [0.25, 0.3) is 0 Å². The zero-order valence-corrected chi connectivity index (χ0v) is 13.7. The van der Waals surface area contributed by atoms with Crippen molar-refractivity contribution in [2.45, 2.75) is 25.5 Å². The van der Waals surface area contributed by atoms with Gasteiger partial charge in [0.2, 0.25) is 5.88 Å². The van der Waals surface area contributed by atoms with Gasteiger partial charge in [-0.1, -0.05) is 6.07 Å². The maximum atomic E-state index is 12.2. The van der Waals surface area contributed by atoms with Crippen LogP contribution in [0, 0.1) is 6.92 Å². The molecule has 2 aromatic heterocycles. The second-order valence-electron chi connectivity index (χ2n) is 5.58. The van der Waals surface area contributed by atoms with E-state index in [4.69, 9.17) is 9.47 Å². The zero-order valence-electron chi connectivity index (χ0n) is 13.7. The minimum absolute atomic E-state index is 0.120. The molecule has 24 heavy (non-hydrogen) atoms. The minimum atomic E-state index is -0.296. The van der Waals surface area contributed by atoms with Gasteiger partial charge in [-0.25, -0.2) is 14.8 Å². The Kier molecular flexibility index (Phi) is 4.90. The van der Waals surface area contributed by atoms with Gasteiger partial charge >= 0.3 is 6.03 Å². The summed E-state index contributed by atoms with van der Waals surface area (Å²) in [5.41, 5.74) is 1.76. The maximum Gasteiger partial charge on any atom is 0.320 e. The zero-order chi connectivity index (χ0) is 16.9.